The quantitative estimate of drug-likeness (QED) is 0.352. The zero-order valence-electron chi connectivity index (χ0n) is 20.8. The van der Waals surface area contributed by atoms with E-state index in [1.807, 2.05) is 0 Å². The molecule has 1 aliphatic rings. The molecule has 0 radical (unpaired) electrons. The largest absolute Gasteiger partial charge is 0.481 e. The van der Waals surface area contributed by atoms with Gasteiger partial charge in [-0.2, -0.15) is 8.78 Å². The van der Waals surface area contributed by atoms with Gasteiger partial charge in [0.05, 0.1) is 8.07 Å². The Morgan fingerprint density at radius 1 is 1.08 bits per heavy atom. The number of ketones is 1. The van der Waals surface area contributed by atoms with Crippen LogP contribution < -0.4 is 9.92 Å². The topological polar surface area (TPSA) is 83.9 Å². The Balaban J connectivity index is 1.94. The zero-order chi connectivity index (χ0) is 27.5. The molecule has 1 amide bonds. The SMILES string of the molecule is C[Si](C)(C)c1c(F)cc(CC(=O)[C@H]2c3ccc(OC(F)F)cc3CCN2C(=O)CCCC(=O)O)cc1F. The highest BCUT2D eigenvalue weighted by Crippen LogP contribution is 2.35. The van der Waals surface area contributed by atoms with E-state index in [1.165, 1.54) is 23.1 Å². The van der Waals surface area contributed by atoms with Gasteiger partial charge in [0.1, 0.15) is 23.4 Å². The second-order valence-electron chi connectivity index (χ2n) is 10.1. The molecule has 11 heteroatoms. The number of benzene rings is 2. The van der Waals surface area contributed by atoms with E-state index < -0.39 is 50.0 Å². The van der Waals surface area contributed by atoms with Gasteiger partial charge in [0, 0.05) is 31.0 Å². The molecule has 200 valence electrons. The predicted molar refractivity (Wildman–Crippen MR) is 131 cm³/mol. The number of hydrogen-bond acceptors (Lipinski definition) is 4. The third-order valence-electron chi connectivity index (χ3n) is 6.20. The number of alkyl halides is 2. The second kappa shape index (κ2) is 11.5. The monoisotopic (exact) mass is 539 g/mol. The van der Waals surface area contributed by atoms with Crippen molar-refractivity contribution in [1.82, 2.24) is 4.90 Å². The fourth-order valence-electron chi connectivity index (χ4n) is 4.67. The van der Waals surface area contributed by atoms with E-state index in [0.29, 0.717) is 11.1 Å². The van der Waals surface area contributed by atoms with E-state index in [1.54, 1.807) is 19.6 Å². The van der Waals surface area contributed by atoms with Crippen LogP contribution in [-0.2, 0) is 27.2 Å². The van der Waals surface area contributed by atoms with Gasteiger partial charge in [-0.1, -0.05) is 25.7 Å². The molecular formula is C26H29F4NO5Si. The molecule has 1 N–H and O–H groups in total. The molecule has 3 rings (SSSR count). The van der Waals surface area contributed by atoms with Crippen molar-refractivity contribution in [2.75, 3.05) is 6.54 Å². The van der Waals surface area contributed by atoms with Crippen molar-refractivity contribution in [2.24, 2.45) is 0 Å². The number of carboxylic acids is 1. The Labute approximate surface area is 213 Å². The van der Waals surface area contributed by atoms with Crippen molar-refractivity contribution in [3.63, 3.8) is 0 Å². The van der Waals surface area contributed by atoms with Gasteiger partial charge >= 0.3 is 12.6 Å². The van der Waals surface area contributed by atoms with E-state index in [-0.39, 0.29) is 55.1 Å². The summed E-state index contributed by atoms with van der Waals surface area (Å²) in [5.41, 5.74) is 1.06. The summed E-state index contributed by atoms with van der Waals surface area (Å²) in [6.07, 6.45) is -0.345. The molecule has 0 aliphatic carbocycles. The summed E-state index contributed by atoms with van der Waals surface area (Å²) in [7, 11) is -2.32. The van der Waals surface area contributed by atoms with E-state index in [0.717, 1.165) is 12.1 Å². The lowest BCUT2D eigenvalue weighted by Crippen LogP contribution is -2.44. The fourth-order valence-corrected chi connectivity index (χ4v) is 6.25. The minimum absolute atomic E-state index is 0.0357. The van der Waals surface area contributed by atoms with Crippen LogP contribution >= 0.6 is 0 Å². The van der Waals surface area contributed by atoms with Gasteiger partial charge < -0.3 is 14.7 Å². The van der Waals surface area contributed by atoms with E-state index >= 15 is 0 Å². The number of rotatable bonds is 10. The fraction of sp³-hybridized carbons (Fsp3) is 0.423. The van der Waals surface area contributed by atoms with Gasteiger partial charge in [-0.15, -0.1) is 0 Å². The molecule has 0 unspecified atom stereocenters. The summed E-state index contributed by atoms with van der Waals surface area (Å²) >= 11 is 0. The Morgan fingerprint density at radius 3 is 2.30 bits per heavy atom. The van der Waals surface area contributed by atoms with Gasteiger partial charge in [-0.25, -0.2) is 8.78 Å². The van der Waals surface area contributed by atoms with Crippen LogP contribution in [0.5, 0.6) is 5.75 Å². The summed E-state index contributed by atoms with van der Waals surface area (Å²) < 4.78 is 59.4. The molecule has 1 aliphatic heterocycles. The maximum Gasteiger partial charge on any atom is 0.387 e. The summed E-state index contributed by atoms with van der Waals surface area (Å²) in [6.45, 7) is 2.47. The van der Waals surface area contributed by atoms with Crippen LogP contribution in [-0.4, -0.2) is 48.9 Å². The molecule has 1 heterocycles. The summed E-state index contributed by atoms with van der Waals surface area (Å²) in [5.74, 6) is -3.53. The van der Waals surface area contributed by atoms with Crippen LogP contribution in [0.4, 0.5) is 17.6 Å². The molecule has 37 heavy (non-hydrogen) atoms. The van der Waals surface area contributed by atoms with Gasteiger partial charge in [-0.05, 0) is 53.8 Å². The normalized spacial score (nSPS) is 15.5. The average molecular weight is 540 g/mol. The second-order valence-corrected chi connectivity index (χ2v) is 15.1. The molecule has 0 bridgehead atoms. The van der Waals surface area contributed by atoms with Crippen molar-refractivity contribution in [3.05, 3.63) is 58.7 Å². The molecule has 0 saturated carbocycles. The number of fused-ring (bicyclic) bond motifs is 1. The molecule has 0 aromatic heterocycles. The first-order valence-electron chi connectivity index (χ1n) is 11.9. The lowest BCUT2D eigenvalue weighted by molar-refractivity contribution is -0.141. The molecule has 0 fully saturated rings. The average Bonchev–Trinajstić information content (AvgIpc) is 2.75. The Kier molecular flexibility index (Phi) is 8.78. The van der Waals surface area contributed by atoms with Gasteiger partial charge in [0.25, 0.3) is 0 Å². The number of carbonyl (C=O) groups is 3. The van der Waals surface area contributed by atoms with Crippen molar-refractivity contribution in [2.45, 2.75) is 64.4 Å². The lowest BCUT2D eigenvalue weighted by Gasteiger charge is -2.37. The first-order valence-corrected chi connectivity index (χ1v) is 15.4. The number of hydrogen-bond donors (Lipinski definition) is 1. The van der Waals surface area contributed by atoms with Crippen LogP contribution in [0.1, 0.15) is 42.0 Å². The highest BCUT2D eigenvalue weighted by molar-refractivity contribution is 6.88. The van der Waals surface area contributed by atoms with Crippen LogP contribution in [0.25, 0.3) is 0 Å². The number of aliphatic carboxylic acids is 1. The number of amides is 1. The Hall–Kier alpha value is -3.21. The molecule has 0 spiro atoms. The summed E-state index contributed by atoms with van der Waals surface area (Å²) in [4.78, 5) is 38.7. The molecule has 2 aromatic carbocycles. The van der Waals surface area contributed by atoms with E-state index in [9.17, 15) is 31.9 Å². The highest BCUT2D eigenvalue weighted by atomic mass is 28.3. The van der Waals surface area contributed by atoms with Crippen LogP contribution in [0.3, 0.4) is 0 Å². The van der Waals surface area contributed by atoms with Crippen molar-refractivity contribution in [1.29, 1.82) is 0 Å². The molecule has 0 saturated heterocycles. The smallest absolute Gasteiger partial charge is 0.387 e. The number of nitrogens with zero attached hydrogens (tertiary/aromatic N) is 1. The van der Waals surface area contributed by atoms with Gasteiger partial charge in [-0.3, -0.25) is 14.4 Å². The first-order chi connectivity index (χ1) is 17.3. The minimum Gasteiger partial charge on any atom is -0.481 e. The maximum atomic E-state index is 14.8. The van der Waals surface area contributed by atoms with Crippen molar-refractivity contribution < 1.29 is 41.8 Å². The van der Waals surface area contributed by atoms with Crippen molar-refractivity contribution >= 4 is 30.9 Å². The number of Topliss-reactive ketones (excluding diaryl/α,β-unsaturated/α-hetero) is 1. The number of halogens is 4. The van der Waals surface area contributed by atoms with Crippen molar-refractivity contribution in [3.8, 4) is 5.75 Å². The van der Waals surface area contributed by atoms with Crippen LogP contribution in [0.15, 0.2) is 30.3 Å². The highest BCUT2D eigenvalue weighted by Gasteiger charge is 2.36. The summed E-state index contributed by atoms with van der Waals surface area (Å²) in [6, 6.07) is 5.24. The van der Waals surface area contributed by atoms with Gasteiger partial charge in [0.15, 0.2) is 5.78 Å². The molecule has 1 atom stereocenters. The zero-order valence-corrected chi connectivity index (χ0v) is 21.8. The minimum atomic E-state index is -3.03. The first kappa shape index (κ1) is 28.4. The molecule has 6 nitrogen and oxygen atoms in total. The van der Waals surface area contributed by atoms with E-state index in [4.69, 9.17) is 5.11 Å². The van der Waals surface area contributed by atoms with E-state index in [2.05, 4.69) is 4.74 Å². The number of ether oxygens (including phenoxy) is 1. The summed E-state index contributed by atoms with van der Waals surface area (Å²) in [5, 5.41) is 8.91. The Morgan fingerprint density at radius 2 is 1.73 bits per heavy atom. The van der Waals surface area contributed by atoms with Gasteiger partial charge in [0.2, 0.25) is 5.91 Å². The standard InChI is InChI=1S/C26H29F4NO5Si/c1-37(2,3)25-19(27)11-15(12-20(25)28)13-21(32)24-18-8-7-17(36-26(29)30)14-16(18)9-10-31(24)22(33)5-4-6-23(34)35/h7-8,11-12,14,24,26H,4-6,9-10,13H2,1-3H3,(H,34,35)/t24-/m1/s1. The number of carboxylic acid groups (broad SMARTS) is 1. The third-order valence-corrected chi connectivity index (χ3v) is 8.18. The molecule has 2 aromatic rings. The predicted octanol–water partition coefficient (Wildman–Crippen LogP) is 4.60. The lowest BCUT2D eigenvalue weighted by atomic mass is 9.87. The van der Waals surface area contributed by atoms with Crippen LogP contribution in [0.2, 0.25) is 19.6 Å². The number of carbonyl (C=O) groups excluding carboxylic acids is 2. The molecular weight excluding hydrogens is 510 g/mol. The Bertz CT molecular complexity index is 1170. The van der Waals surface area contributed by atoms with Crippen LogP contribution in [0, 0.1) is 11.6 Å². The third kappa shape index (κ3) is 6.97. The maximum absolute atomic E-state index is 14.8.